The van der Waals surface area contributed by atoms with Gasteiger partial charge in [-0.25, -0.2) is 4.39 Å². The van der Waals surface area contributed by atoms with Gasteiger partial charge in [0.25, 0.3) is 0 Å². The topological polar surface area (TPSA) is 29.5 Å². The number of nitrogens with zero attached hydrogens (tertiary/aromatic N) is 1. The molecule has 0 saturated heterocycles. The molecule has 1 aromatic heterocycles. The van der Waals surface area contributed by atoms with E-state index in [0.717, 1.165) is 4.88 Å². The van der Waals surface area contributed by atoms with Gasteiger partial charge in [0, 0.05) is 11.9 Å². The summed E-state index contributed by atoms with van der Waals surface area (Å²) >= 11 is 1.58. The fourth-order valence-electron chi connectivity index (χ4n) is 1.65. The van der Waals surface area contributed by atoms with Gasteiger partial charge in [0.15, 0.2) is 0 Å². The average Bonchev–Trinajstić information content (AvgIpc) is 2.93. The van der Waals surface area contributed by atoms with Crippen LogP contribution in [0, 0.1) is 5.82 Å². The fraction of sp³-hybridized carbons (Fsp3) is 0.267. The second-order valence-corrected chi connectivity index (χ2v) is 5.41. The Morgan fingerprint density at radius 1 is 1.30 bits per heavy atom. The van der Waals surface area contributed by atoms with Crippen LogP contribution < -0.4 is 4.74 Å². The van der Waals surface area contributed by atoms with E-state index < -0.39 is 0 Å². The molecule has 0 aliphatic heterocycles. The largest absolute Gasteiger partial charge is 0.492 e. The summed E-state index contributed by atoms with van der Waals surface area (Å²) in [5.74, 6) is 0.376. The van der Waals surface area contributed by atoms with Crippen molar-refractivity contribution in [3.63, 3.8) is 0 Å². The van der Waals surface area contributed by atoms with E-state index in [1.165, 1.54) is 12.1 Å². The predicted octanol–water partition coefficient (Wildman–Crippen LogP) is 2.97. The standard InChI is InChI=1S/C15H16FNO2S/c1-17(15(18)11-14-3-2-10-20-14)8-9-19-13-6-4-12(16)5-7-13/h2-7,10H,8-9,11H2,1H3. The molecule has 0 bridgehead atoms. The molecule has 5 heteroatoms. The molecule has 1 heterocycles. The zero-order valence-corrected chi connectivity index (χ0v) is 12.0. The van der Waals surface area contributed by atoms with E-state index in [2.05, 4.69) is 0 Å². The minimum absolute atomic E-state index is 0.0650. The smallest absolute Gasteiger partial charge is 0.227 e. The lowest BCUT2D eigenvalue weighted by Gasteiger charge is -2.17. The SMILES string of the molecule is CN(CCOc1ccc(F)cc1)C(=O)Cc1cccs1. The quantitative estimate of drug-likeness (QED) is 0.819. The summed E-state index contributed by atoms with van der Waals surface area (Å²) in [6, 6.07) is 9.73. The van der Waals surface area contributed by atoms with Gasteiger partial charge in [0.1, 0.15) is 18.2 Å². The molecule has 0 radical (unpaired) electrons. The zero-order chi connectivity index (χ0) is 14.4. The molecule has 0 N–H and O–H groups in total. The van der Waals surface area contributed by atoms with Gasteiger partial charge in [0.05, 0.1) is 13.0 Å². The second-order valence-electron chi connectivity index (χ2n) is 4.37. The lowest BCUT2D eigenvalue weighted by Crippen LogP contribution is -2.31. The summed E-state index contributed by atoms with van der Waals surface area (Å²) in [5, 5.41) is 1.96. The molecule has 0 saturated carbocycles. The highest BCUT2D eigenvalue weighted by Crippen LogP contribution is 2.12. The van der Waals surface area contributed by atoms with Gasteiger partial charge in [-0.15, -0.1) is 11.3 Å². The maximum Gasteiger partial charge on any atom is 0.227 e. The lowest BCUT2D eigenvalue weighted by molar-refractivity contribution is -0.129. The third kappa shape index (κ3) is 4.35. The zero-order valence-electron chi connectivity index (χ0n) is 11.2. The first-order chi connectivity index (χ1) is 9.65. The summed E-state index contributed by atoms with van der Waals surface area (Å²) < 4.78 is 18.2. The third-order valence-electron chi connectivity index (χ3n) is 2.84. The number of likely N-dealkylation sites (N-methyl/N-ethyl adjacent to an activating group) is 1. The summed E-state index contributed by atoms with van der Waals surface area (Å²) in [6.07, 6.45) is 0.421. The normalized spacial score (nSPS) is 10.3. The molecule has 0 aliphatic rings. The number of carbonyl (C=O) groups excluding carboxylic acids is 1. The highest BCUT2D eigenvalue weighted by Gasteiger charge is 2.10. The van der Waals surface area contributed by atoms with Gasteiger partial charge in [0.2, 0.25) is 5.91 Å². The minimum atomic E-state index is -0.291. The number of carbonyl (C=O) groups is 1. The summed E-state index contributed by atoms with van der Waals surface area (Å²) in [7, 11) is 1.75. The van der Waals surface area contributed by atoms with Gasteiger partial charge < -0.3 is 9.64 Å². The fourth-order valence-corrected chi connectivity index (χ4v) is 2.35. The highest BCUT2D eigenvalue weighted by molar-refractivity contribution is 7.10. The minimum Gasteiger partial charge on any atom is -0.492 e. The van der Waals surface area contributed by atoms with Crippen LogP contribution in [0.5, 0.6) is 5.75 Å². The van der Waals surface area contributed by atoms with E-state index in [9.17, 15) is 9.18 Å². The maximum atomic E-state index is 12.7. The molecule has 0 atom stereocenters. The molecule has 20 heavy (non-hydrogen) atoms. The van der Waals surface area contributed by atoms with Crippen LogP contribution in [0.15, 0.2) is 41.8 Å². The number of thiophene rings is 1. The van der Waals surface area contributed by atoms with Gasteiger partial charge >= 0.3 is 0 Å². The number of ether oxygens (including phenoxy) is 1. The van der Waals surface area contributed by atoms with E-state index in [0.29, 0.717) is 25.3 Å². The van der Waals surface area contributed by atoms with Gasteiger partial charge in [-0.2, -0.15) is 0 Å². The maximum absolute atomic E-state index is 12.7. The first-order valence-electron chi connectivity index (χ1n) is 6.30. The molecule has 1 amide bonds. The monoisotopic (exact) mass is 293 g/mol. The van der Waals surface area contributed by atoms with Crippen molar-refractivity contribution in [1.29, 1.82) is 0 Å². The van der Waals surface area contributed by atoms with E-state index in [4.69, 9.17) is 4.74 Å². The predicted molar refractivity (Wildman–Crippen MR) is 77.6 cm³/mol. The van der Waals surface area contributed by atoms with E-state index >= 15 is 0 Å². The molecule has 0 fully saturated rings. The second kappa shape index (κ2) is 7.05. The number of benzene rings is 1. The van der Waals surface area contributed by atoms with Crippen LogP contribution in [0.4, 0.5) is 4.39 Å². The Bertz CT molecular complexity index is 540. The van der Waals surface area contributed by atoms with Crippen molar-refractivity contribution in [3.8, 4) is 5.75 Å². The van der Waals surface area contributed by atoms with Crippen LogP contribution in [0.2, 0.25) is 0 Å². The van der Waals surface area contributed by atoms with Crippen molar-refractivity contribution in [2.24, 2.45) is 0 Å². The Morgan fingerprint density at radius 2 is 2.05 bits per heavy atom. The first-order valence-corrected chi connectivity index (χ1v) is 7.18. The van der Waals surface area contributed by atoms with Crippen LogP contribution in [0.25, 0.3) is 0 Å². The molecule has 2 rings (SSSR count). The van der Waals surface area contributed by atoms with Crippen LogP contribution in [-0.4, -0.2) is 31.0 Å². The number of rotatable bonds is 6. The van der Waals surface area contributed by atoms with Crippen molar-refractivity contribution < 1.29 is 13.9 Å². The van der Waals surface area contributed by atoms with Crippen LogP contribution in [0.1, 0.15) is 4.88 Å². The van der Waals surface area contributed by atoms with E-state index in [1.807, 2.05) is 17.5 Å². The first kappa shape index (κ1) is 14.5. The summed E-state index contributed by atoms with van der Waals surface area (Å²) in [4.78, 5) is 14.6. The number of halogens is 1. The molecule has 0 spiro atoms. The molecule has 1 aromatic carbocycles. The van der Waals surface area contributed by atoms with Gasteiger partial charge in [-0.05, 0) is 35.7 Å². The van der Waals surface area contributed by atoms with Crippen molar-refractivity contribution in [2.75, 3.05) is 20.2 Å². The molecule has 2 aromatic rings. The van der Waals surface area contributed by atoms with Crippen LogP contribution in [0.3, 0.4) is 0 Å². The Labute approximate surface area is 121 Å². The van der Waals surface area contributed by atoms with E-state index in [-0.39, 0.29) is 11.7 Å². The molecule has 106 valence electrons. The molecule has 3 nitrogen and oxygen atoms in total. The molecular formula is C15H16FNO2S. The summed E-state index contributed by atoms with van der Waals surface area (Å²) in [6.45, 7) is 0.889. The Balaban J connectivity index is 1.73. The molecule has 0 aliphatic carbocycles. The van der Waals surface area contributed by atoms with Crippen LogP contribution >= 0.6 is 11.3 Å². The van der Waals surface area contributed by atoms with E-state index in [1.54, 1.807) is 35.4 Å². The number of hydrogen-bond donors (Lipinski definition) is 0. The van der Waals surface area contributed by atoms with Gasteiger partial charge in [-0.3, -0.25) is 4.79 Å². The van der Waals surface area contributed by atoms with Crippen molar-refractivity contribution >= 4 is 17.2 Å². The molecule has 0 unspecified atom stereocenters. The highest BCUT2D eigenvalue weighted by atomic mass is 32.1. The lowest BCUT2D eigenvalue weighted by atomic mass is 10.3. The average molecular weight is 293 g/mol. The third-order valence-corrected chi connectivity index (χ3v) is 3.72. The Morgan fingerprint density at radius 3 is 2.70 bits per heavy atom. The van der Waals surface area contributed by atoms with Crippen LogP contribution in [-0.2, 0) is 11.2 Å². The van der Waals surface area contributed by atoms with Crippen molar-refractivity contribution in [1.82, 2.24) is 4.90 Å². The Hall–Kier alpha value is -1.88. The van der Waals surface area contributed by atoms with Crippen molar-refractivity contribution in [2.45, 2.75) is 6.42 Å². The number of amides is 1. The number of hydrogen-bond acceptors (Lipinski definition) is 3. The summed E-state index contributed by atoms with van der Waals surface area (Å²) in [5.41, 5.74) is 0. The van der Waals surface area contributed by atoms with Gasteiger partial charge in [-0.1, -0.05) is 6.07 Å². The molecular weight excluding hydrogens is 277 g/mol. The Kier molecular flexibility index (Phi) is 5.12. The van der Waals surface area contributed by atoms with Crippen molar-refractivity contribution in [3.05, 3.63) is 52.5 Å².